The van der Waals surface area contributed by atoms with Crippen molar-refractivity contribution in [3.05, 3.63) is 35.7 Å². The van der Waals surface area contributed by atoms with E-state index >= 15 is 0 Å². The minimum atomic E-state index is -4.33. The van der Waals surface area contributed by atoms with E-state index in [9.17, 15) is 13.2 Å². The van der Waals surface area contributed by atoms with Gasteiger partial charge >= 0.3 is 6.18 Å². The van der Waals surface area contributed by atoms with Crippen LogP contribution in [-0.4, -0.2) is 10.1 Å². The number of rotatable bonds is 3. The number of hydrogen-bond acceptors (Lipinski definition) is 3. The van der Waals surface area contributed by atoms with Crippen molar-refractivity contribution in [2.75, 3.05) is 0 Å². The third-order valence-electron chi connectivity index (χ3n) is 2.40. The Balaban J connectivity index is 2.23. The molecule has 1 aromatic carbocycles. The summed E-state index contributed by atoms with van der Waals surface area (Å²) in [6.07, 6.45) is -2.80. The van der Waals surface area contributed by atoms with Crippen LogP contribution in [0.1, 0.15) is 24.8 Å². The summed E-state index contributed by atoms with van der Waals surface area (Å²) in [4.78, 5) is 4.10. The molecule has 0 fully saturated rings. The molecule has 0 saturated carbocycles. The van der Waals surface area contributed by atoms with E-state index in [0.29, 0.717) is 23.7 Å². The van der Waals surface area contributed by atoms with Crippen molar-refractivity contribution in [3.8, 4) is 11.4 Å². The fourth-order valence-corrected chi connectivity index (χ4v) is 1.50. The van der Waals surface area contributed by atoms with E-state index in [4.69, 9.17) is 4.52 Å². The second-order valence-electron chi connectivity index (χ2n) is 3.84. The minimum absolute atomic E-state index is 0.312. The molecule has 2 aromatic rings. The summed E-state index contributed by atoms with van der Waals surface area (Å²) < 4.78 is 42.1. The molecule has 0 atom stereocenters. The van der Waals surface area contributed by atoms with E-state index in [0.717, 1.165) is 18.6 Å². The highest BCUT2D eigenvalue weighted by atomic mass is 19.4. The highest BCUT2D eigenvalue weighted by Gasteiger charge is 2.30. The molecule has 0 aliphatic heterocycles. The largest absolute Gasteiger partial charge is 0.416 e. The molecule has 0 amide bonds. The molecule has 18 heavy (non-hydrogen) atoms. The first-order chi connectivity index (χ1) is 8.50. The SMILES string of the molecule is CCCc1nc(-c2ccc(C(F)(F)F)cc2)no1. The van der Waals surface area contributed by atoms with Crippen LogP contribution in [0.25, 0.3) is 11.4 Å². The maximum atomic E-state index is 12.4. The molecule has 0 unspecified atom stereocenters. The summed E-state index contributed by atoms with van der Waals surface area (Å²) >= 11 is 0. The standard InChI is InChI=1S/C12H11F3N2O/c1-2-3-10-16-11(17-18-10)8-4-6-9(7-5-8)12(13,14)15/h4-7H,2-3H2,1H3. The Labute approximate surface area is 102 Å². The van der Waals surface area contributed by atoms with Gasteiger partial charge in [-0.2, -0.15) is 18.2 Å². The van der Waals surface area contributed by atoms with Gasteiger partial charge in [0.25, 0.3) is 0 Å². The summed E-state index contributed by atoms with van der Waals surface area (Å²) in [6, 6.07) is 4.68. The Morgan fingerprint density at radius 2 is 1.83 bits per heavy atom. The van der Waals surface area contributed by atoms with Gasteiger partial charge in [-0.25, -0.2) is 0 Å². The number of aryl methyl sites for hydroxylation is 1. The van der Waals surface area contributed by atoms with Crippen LogP contribution in [0.5, 0.6) is 0 Å². The molecule has 0 radical (unpaired) electrons. The fourth-order valence-electron chi connectivity index (χ4n) is 1.50. The lowest BCUT2D eigenvalue weighted by molar-refractivity contribution is -0.137. The second-order valence-corrected chi connectivity index (χ2v) is 3.84. The fraction of sp³-hybridized carbons (Fsp3) is 0.333. The van der Waals surface area contributed by atoms with E-state index in [1.54, 1.807) is 0 Å². The van der Waals surface area contributed by atoms with Crippen LogP contribution >= 0.6 is 0 Å². The molecule has 1 aromatic heterocycles. The van der Waals surface area contributed by atoms with Crippen molar-refractivity contribution < 1.29 is 17.7 Å². The van der Waals surface area contributed by atoms with Gasteiger partial charge in [0.05, 0.1) is 5.56 Å². The van der Waals surface area contributed by atoms with Crippen LogP contribution < -0.4 is 0 Å². The lowest BCUT2D eigenvalue weighted by Gasteiger charge is -2.05. The zero-order valence-corrected chi connectivity index (χ0v) is 9.66. The van der Waals surface area contributed by atoms with E-state index in [1.807, 2.05) is 6.92 Å². The molecule has 96 valence electrons. The minimum Gasteiger partial charge on any atom is -0.339 e. The monoisotopic (exact) mass is 256 g/mol. The Hall–Kier alpha value is -1.85. The molecular weight excluding hydrogens is 245 g/mol. The summed E-state index contributed by atoms with van der Waals surface area (Å²) in [5.74, 6) is 0.805. The quantitative estimate of drug-likeness (QED) is 0.840. The van der Waals surface area contributed by atoms with E-state index in [-0.39, 0.29) is 0 Å². The predicted molar refractivity (Wildman–Crippen MR) is 58.7 cm³/mol. The first-order valence-corrected chi connectivity index (χ1v) is 5.51. The topological polar surface area (TPSA) is 38.9 Å². The Morgan fingerprint density at radius 1 is 1.17 bits per heavy atom. The molecule has 2 rings (SSSR count). The molecule has 0 N–H and O–H groups in total. The lowest BCUT2D eigenvalue weighted by atomic mass is 10.1. The molecule has 0 aliphatic carbocycles. The Kier molecular flexibility index (Phi) is 3.36. The van der Waals surface area contributed by atoms with Gasteiger partial charge in [0, 0.05) is 12.0 Å². The van der Waals surface area contributed by atoms with Gasteiger partial charge in [-0.3, -0.25) is 0 Å². The molecule has 0 aliphatic rings. The number of hydrogen-bond donors (Lipinski definition) is 0. The second kappa shape index (κ2) is 4.80. The number of benzene rings is 1. The molecular formula is C12H11F3N2O. The van der Waals surface area contributed by atoms with Crippen LogP contribution in [0.2, 0.25) is 0 Å². The van der Waals surface area contributed by atoms with Gasteiger partial charge in [-0.05, 0) is 18.6 Å². The summed E-state index contributed by atoms with van der Waals surface area (Å²) in [5.41, 5.74) is -0.183. The van der Waals surface area contributed by atoms with Crippen LogP contribution in [0.3, 0.4) is 0 Å². The summed E-state index contributed by atoms with van der Waals surface area (Å²) in [5, 5.41) is 3.73. The number of aromatic nitrogens is 2. The third kappa shape index (κ3) is 2.69. The van der Waals surface area contributed by atoms with Crippen molar-refractivity contribution in [2.45, 2.75) is 25.9 Å². The van der Waals surface area contributed by atoms with Gasteiger partial charge < -0.3 is 4.52 Å². The first-order valence-electron chi connectivity index (χ1n) is 5.51. The van der Waals surface area contributed by atoms with Crippen molar-refractivity contribution >= 4 is 0 Å². The number of nitrogens with zero attached hydrogens (tertiary/aromatic N) is 2. The highest BCUT2D eigenvalue weighted by Crippen LogP contribution is 2.30. The van der Waals surface area contributed by atoms with Crippen LogP contribution in [0, 0.1) is 0 Å². The van der Waals surface area contributed by atoms with Gasteiger partial charge in [0.2, 0.25) is 11.7 Å². The maximum Gasteiger partial charge on any atom is 0.416 e. The zero-order chi connectivity index (χ0) is 13.2. The normalized spacial score (nSPS) is 11.8. The Morgan fingerprint density at radius 3 is 2.39 bits per heavy atom. The van der Waals surface area contributed by atoms with E-state index in [1.165, 1.54) is 12.1 Å². The van der Waals surface area contributed by atoms with Gasteiger partial charge in [0.15, 0.2) is 0 Å². The van der Waals surface area contributed by atoms with Gasteiger partial charge in [0.1, 0.15) is 0 Å². The van der Waals surface area contributed by atoms with Crippen LogP contribution in [-0.2, 0) is 12.6 Å². The van der Waals surface area contributed by atoms with Gasteiger partial charge in [-0.1, -0.05) is 24.2 Å². The lowest BCUT2D eigenvalue weighted by Crippen LogP contribution is -2.04. The summed E-state index contributed by atoms with van der Waals surface area (Å²) in [7, 11) is 0. The smallest absolute Gasteiger partial charge is 0.339 e. The van der Waals surface area contributed by atoms with Crippen molar-refractivity contribution in [1.29, 1.82) is 0 Å². The first kappa shape index (κ1) is 12.6. The maximum absolute atomic E-state index is 12.4. The molecule has 0 bridgehead atoms. The third-order valence-corrected chi connectivity index (χ3v) is 2.40. The Bertz CT molecular complexity index is 517. The summed E-state index contributed by atoms with van der Waals surface area (Å²) in [6.45, 7) is 1.97. The average Bonchev–Trinajstić information content (AvgIpc) is 2.77. The van der Waals surface area contributed by atoms with Crippen molar-refractivity contribution in [3.63, 3.8) is 0 Å². The van der Waals surface area contributed by atoms with E-state index in [2.05, 4.69) is 10.1 Å². The molecule has 6 heteroatoms. The number of halogens is 3. The van der Waals surface area contributed by atoms with Crippen molar-refractivity contribution in [1.82, 2.24) is 10.1 Å². The van der Waals surface area contributed by atoms with Crippen molar-refractivity contribution in [2.24, 2.45) is 0 Å². The van der Waals surface area contributed by atoms with Crippen LogP contribution in [0.4, 0.5) is 13.2 Å². The predicted octanol–water partition coefficient (Wildman–Crippen LogP) is 3.71. The molecule has 1 heterocycles. The van der Waals surface area contributed by atoms with Crippen LogP contribution in [0.15, 0.2) is 28.8 Å². The van der Waals surface area contributed by atoms with Gasteiger partial charge in [-0.15, -0.1) is 0 Å². The molecule has 0 saturated heterocycles. The molecule has 0 spiro atoms. The number of alkyl halides is 3. The zero-order valence-electron chi connectivity index (χ0n) is 9.66. The van der Waals surface area contributed by atoms with E-state index < -0.39 is 11.7 Å². The highest BCUT2D eigenvalue weighted by molar-refractivity contribution is 5.54. The average molecular weight is 256 g/mol. The molecule has 3 nitrogen and oxygen atoms in total.